The zero-order valence-corrected chi connectivity index (χ0v) is 9.32. The fraction of sp³-hybridized carbons (Fsp3) is 0.545. The van der Waals surface area contributed by atoms with E-state index in [4.69, 9.17) is 0 Å². The molecule has 1 aliphatic rings. The Morgan fingerprint density at radius 2 is 2.44 bits per heavy atom. The average Bonchev–Trinajstić information content (AvgIpc) is 2.28. The van der Waals surface area contributed by atoms with E-state index < -0.39 is 0 Å². The molecular weight excluding hydrogens is 206 g/mol. The second-order valence-corrected chi connectivity index (χ2v) is 4.02. The number of hydrogen-bond acceptors (Lipinski definition) is 3. The number of aromatic amines is 1. The van der Waals surface area contributed by atoms with Gasteiger partial charge in [-0.3, -0.25) is 9.59 Å². The molecule has 0 radical (unpaired) electrons. The number of hydrogen-bond donors (Lipinski definition) is 1. The van der Waals surface area contributed by atoms with Crippen LogP contribution in [0.25, 0.3) is 0 Å². The van der Waals surface area contributed by atoms with Gasteiger partial charge in [0.25, 0.3) is 5.56 Å². The van der Waals surface area contributed by atoms with E-state index in [2.05, 4.69) is 10.2 Å². The maximum Gasteiger partial charge on any atom is 0.264 e. The highest BCUT2D eigenvalue weighted by Crippen LogP contribution is 2.15. The van der Waals surface area contributed by atoms with E-state index in [1.807, 2.05) is 6.92 Å². The zero-order valence-electron chi connectivity index (χ0n) is 9.32. The van der Waals surface area contributed by atoms with E-state index in [-0.39, 0.29) is 11.5 Å². The lowest BCUT2D eigenvalue weighted by Gasteiger charge is -2.27. The van der Waals surface area contributed by atoms with E-state index in [0.717, 1.165) is 24.1 Å². The maximum absolute atomic E-state index is 11.7. The first kappa shape index (κ1) is 10.9. The molecule has 0 fully saturated rings. The van der Waals surface area contributed by atoms with Gasteiger partial charge in [-0.05, 0) is 6.42 Å². The van der Waals surface area contributed by atoms with Gasteiger partial charge in [0.1, 0.15) is 0 Å². The van der Waals surface area contributed by atoms with Crippen molar-refractivity contribution in [2.75, 3.05) is 6.54 Å². The summed E-state index contributed by atoms with van der Waals surface area (Å²) >= 11 is 0. The number of nitrogens with zero attached hydrogens (tertiary/aromatic N) is 2. The van der Waals surface area contributed by atoms with Gasteiger partial charge >= 0.3 is 0 Å². The van der Waals surface area contributed by atoms with Crippen molar-refractivity contribution < 1.29 is 4.79 Å². The van der Waals surface area contributed by atoms with Crippen molar-refractivity contribution in [2.45, 2.75) is 32.7 Å². The Bertz CT molecular complexity index is 453. The van der Waals surface area contributed by atoms with Crippen LogP contribution in [0, 0.1) is 0 Å². The van der Waals surface area contributed by atoms with Crippen molar-refractivity contribution in [1.82, 2.24) is 15.1 Å². The summed E-state index contributed by atoms with van der Waals surface area (Å²) in [6, 6.07) is 1.54. The van der Waals surface area contributed by atoms with Crippen LogP contribution in [0.5, 0.6) is 0 Å². The Morgan fingerprint density at radius 3 is 3.19 bits per heavy atom. The molecule has 1 aliphatic heterocycles. The molecule has 16 heavy (non-hydrogen) atoms. The third-order valence-corrected chi connectivity index (χ3v) is 2.77. The Balaban J connectivity index is 2.16. The van der Waals surface area contributed by atoms with Crippen LogP contribution < -0.4 is 5.56 Å². The molecule has 0 atom stereocenters. The first-order valence-electron chi connectivity index (χ1n) is 5.56. The summed E-state index contributed by atoms with van der Waals surface area (Å²) in [6.07, 6.45) is 2.16. The lowest BCUT2D eigenvalue weighted by molar-refractivity contribution is -0.132. The predicted molar refractivity (Wildman–Crippen MR) is 58.9 cm³/mol. The molecule has 1 N–H and O–H groups in total. The number of aromatic nitrogens is 2. The highest BCUT2D eigenvalue weighted by atomic mass is 16.2. The number of carbonyl (C=O) groups is 1. The molecule has 1 aromatic rings. The van der Waals surface area contributed by atoms with Crippen LogP contribution in [0.2, 0.25) is 0 Å². The minimum absolute atomic E-state index is 0.161. The fourth-order valence-electron chi connectivity index (χ4n) is 1.93. The standard InChI is InChI=1S/C11H15N3O2/c1-2-3-11(16)14-5-4-9-8(7-14)6-10(15)13-12-9/h6H,2-5,7H2,1H3,(H,13,15). The molecule has 2 rings (SSSR count). The number of carbonyl (C=O) groups excluding carboxylic acids is 1. The highest BCUT2D eigenvalue weighted by molar-refractivity contribution is 5.76. The van der Waals surface area contributed by atoms with Crippen molar-refractivity contribution in [1.29, 1.82) is 0 Å². The lowest BCUT2D eigenvalue weighted by atomic mass is 10.1. The van der Waals surface area contributed by atoms with Crippen LogP contribution in [0.3, 0.4) is 0 Å². The van der Waals surface area contributed by atoms with Gasteiger partial charge in [-0.1, -0.05) is 6.92 Å². The third-order valence-electron chi connectivity index (χ3n) is 2.77. The lowest BCUT2D eigenvalue weighted by Crippen LogP contribution is -2.37. The summed E-state index contributed by atoms with van der Waals surface area (Å²) in [5.74, 6) is 0.161. The Hall–Kier alpha value is -1.65. The van der Waals surface area contributed by atoms with E-state index in [1.165, 1.54) is 6.07 Å². The summed E-state index contributed by atoms with van der Waals surface area (Å²) in [4.78, 5) is 24.6. The van der Waals surface area contributed by atoms with Gasteiger partial charge in [0, 0.05) is 37.6 Å². The first-order chi connectivity index (χ1) is 7.70. The van der Waals surface area contributed by atoms with Gasteiger partial charge in [-0.2, -0.15) is 5.10 Å². The molecule has 5 nitrogen and oxygen atoms in total. The van der Waals surface area contributed by atoms with Gasteiger partial charge < -0.3 is 4.90 Å². The van der Waals surface area contributed by atoms with Crippen LogP contribution in [0.1, 0.15) is 31.0 Å². The second-order valence-electron chi connectivity index (χ2n) is 4.02. The van der Waals surface area contributed by atoms with Crippen molar-refractivity contribution in [3.8, 4) is 0 Å². The Labute approximate surface area is 93.5 Å². The van der Waals surface area contributed by atoms with Gasteiger partial charge in [0.15, 0.2) is 0 Å². The number of rotatable bonds is 2. The largest absolute Gasteiger partial charge is 0.338 e. The monoisotopic (exact) mass is 221 g/mol. The first-order valence-corrected chi connectivity index (χ1v) is 5.56. The average molecular weight is 221 g/mol. The summed E-state index contributed by atoms with van der Waals surface area (Å²) < 4.78 is 0. The number of H-pyrrole nitrogens is 1. The van der Waals surface area contributed by atoms with Crippen LogP contribution >= 0.6 is 0 Å². The molecule has 1 amide bonds. The number of amides is 1. The molecule has 86 valence electrons. The fourth-order valence-corrected chi connectivity index (χ4v) is 1.93. The summed E-state index contributed by atoms with van der Waals surface area (Å²) in [6.45, 7) is 3.21. The minimum atomic E-state index is -0.205. The molecule has 5 heteroatoms. The molecule has 0 saturated heterocycles. The number of fused-ring (bicyclic) bond motifs is 1. The molecule has 0 spiro atoms. The van der Waals surface area contributed by atoms with Gasteiger partial charge in [0.05, 0.1) is 5.69 Å². The van der Waals surface area contributed by atoms with Crippen LogP contribution in [-0.4, -0.2) is 27.5 Å². The normalized spacial score (nSPS) is 14.7. The molecule has 0 bridgehead atoms. The summed E-state index contributed by atoms with van der Waals surface area (Å²) in [5.41, 5.74) is 1.57. The van der Waals surface area contributed by atoms with Crippen molar-refractivity contribution in [3.63, 3.8) is 0 Å². The molecule has 0 saturated carbocycles. The molecule has 0 unspecified atom stereocenters. The smallest absolute Gasteiger partial charge is 0.264 e. The second kappa shape index (κ2) is 4.47. The quantitative estimate of drug-likeness (QED) is 0.788. The summed E-state index contributed by atoms with van der Waals surface area (Å²) in [7, 11) is 0. The molecule has 0 aliphatic carbocycles. The highest BCUT2D eigenvalue weighted by Gasteiger charge is 2.21. The van der Waals surface area contributed by atoms with Crippen LogP contribution in [-0.2, 0) is 17.8 Å². The van der Waals surface area contributed by atoms with E-state index >= 15 is 0 Å². The van der Waals surface area contributed by atoms with Crippen molar-refractivity contribution >= 4 is 5.91 Å². The molecule has 0 aromatic carbocycles. The zero-order chi connectivity index (χ0) is 11.5. The van der Waals surface area contributed by atoms with E-state index in [1.54, 1.807) is 4.90 Å². The predicted octanol–water partition coefficient (Wildman–Crippen LogP) is 0.455. The van der Waals surface area contributed by atoms with Gasteiger partial charge in [0.2, 0.25) is 5.91 Å². The van der Waals surface area contributed by atoms with E-state index in [9.17, 15) is 9.59 Å². The Kier molecular flexibility index (Phi) is 3.03. The van der Waals surface area contributed by atoms with Gasteiger partial charge in [-0.25, -0.2) is 5.10 Å². The summed E-state index contributed by atoms with van der Waals surface area (Å²) in [5, 5.41) is 6.40. The SMILES string of the molecule is CCCC(=O)N1CCc2n[nH]c(=O)cc2C1. The van der Waals surface area contributed by atoms with Crippen LogP contribution in [0.4, 0.5) is 0 Å². The van der Waals surface area contributed by atoms with E-state index in [0.29, 0.717) is 19.5 Å². The molecular formula is C11H15N3O2. The van der Waals surface area contributed by atoms with Crippen molar-refractivity contribution in [3.05, 3.63) is 27.7 Å². The molecule has 1 aromatic heterocycles. The van der Waals surface area contributed by atoms with Crippen LogP contribution in [0.15, 0.2) is 10.9 Å². The Morgan fingerprint density at radius 1 is 1.62 bits per heavy atom. The van der Waals surface area contributed by atoms with Crippen molar-refractivity contribution in [2.24, 2.45) is 0 Å². The molecule has 2 heterocycles. The van der Waals surface area contributed by atoms with Gasteiger partial charge in [-0.15, -0.1) is 0 Å². The topological polar surface area (TPSA) is 66.1 Å². The minimum Gasteiger partial charge on any atom is -0.338 e. The maximum atomic E-state index is 11.7. The number of nitrogens with one attached hydrogen (secondary N) is 1. The third kappa shape index (κ3) is 2.13.